The van der Waals surface area contributed by atoms with E-state index in [2.05, 4.69) is 281 Å². The van der Waals surface area contributed by atoms with Gasteiger partial charge in [0.25, 0.3) is 0 Å². The Hall–Kier alpha value is -8.01. The maximum Gasteiger partial charge on any atom is 2.00 e. The zero-order valence-electron chi connectivity index (χ0n) is 52.6. The molecule has 8 bridgehead atoms. The third-order valence-electron chi connectivity index (χ3n) is 16.2. The molecular formula is C74H78N10Ni. The molecule has 0 spiro atoms. The second-order valence-corrected chi connectivity index (χ2v) is 28.9. The van der Waals surface area contributed by atoms with E-state index in [4.69, 9.17) is 39.9 Å². The number of aliphatic imine (C=N–C) groups is 8. The molecule has 5 aliphatic heterocycles. The van der Waals surface area contributed by atoms with Crippen LogP contribution >= 0.6 is 0 Å². The van der Waals surface area contributed by atoms with Gasteiger partial charge < -0.3 is 25.8 Å². The minimum absolute atomic E-state index is 0. The molecule has 10 nitrogen and oxygen atoms in total. The first-order valence-corrected chi connectivity index (χ1v) is 29.4. The van der Waals surface area contributed by atoms with Crippen LogP contribution in [0.5, 0.6) is 0 Å². The minimum Gasteiger partial charge on any atom is -0.353 e. The molecule has 11 rings (SSSR count). The normalized spacial score (nSPS) is 16.6. The fraction of sp³-hybridized carbons (Fsp3) is 0.324. The summed E-state index contributed by atoms with van der Waals surface area (Å²) in [5.74, 6) is 2.75. The summed E-state index contributed by atoms with van der Waals surface area (Å²) < 4.78 is 0. The van der Waals surface area contributed by atoms with Crippen molar-refractivity contribution in [1.82, 2.24) is 0 Å². The van der Waals surface area contributed by atoms with Crippen molar-refractivity contribution >= 4 is 80.4 Å². The maximum atomic E-state index is 5.72. The Kier molecular flexibility index (Phi) is 15.4. The number of rotatable bonds is 6. The molecule has 0 radical (unpaired) electrons. The van der Waals surface area contributed by atoms with Gasteiger partial charge in [0.15, 0.2) is 23.3 Å². The number of fused-ring (bicyclic) bond motifs is 4. The molecule has 0 N–H and O–H groups in total. The smallest absolute Gasteiger partial charge is 0.353 e. The Morgan fingerprint density at radius 1 is 0.200 bits per heavy atom. The first-order chi connectivity index (χ1) is 39.4. The molecule has 0 amide bonds. The topological polar surface area (TPSA) is 127 Å². The molecule has 6 aromatic carbocycles. The van der Waals surface area contributed by atoms with Crippen LogP contribution in [0, 0.1) is 0 Å². The van der Waals surface area contributed by atoms with Crippen molar-refractivity contribution in [2.45, 2.75) is 157 Å². The molecule has 85 heavy (non-hydrogen) atoms. The number of guanidine groups is 2. The van der Waals surface area contributed by atoms with Gasteiger partial charge in [0, 0.05) is 45.4 Å². The molecular weight excluding hydrogens is 1090 g/mol. The van der Waals surface area contributed by atoms with Gasteiger partial charge in [-0.3, -0.25) is 0 Å². The predicted octanol–water partition coefficient (Wildman–Crippen LogP) is 18.4. The van der Waals surface area contributed by atoms with E-state index in [9.17, 15) is 0 Å². The van der Waals surface area contributed by atoms with Crippen molar-refractivity contribution in [1.29, 1.82) is 0 Å². The van der Waals surface area contributed by atoms with Crippen LogP contribution in [0.3, 0.4) is 0 Å². The van der Waals surface area contributed by atoms with Crippen molar-refractivity contribution in [2.75, 3.05) is 0 Å². The van der Waals surface area contributed by atoms with Gasteiger partial charge in [0.05, 0.1) is 11.7 Å². The van der Waals surface area contributed by atoms with E-state index in [1.54, 1.807) is 0 Å². The van der Waals surface area contributed by atoms with Crippen LogP contribution in [-0.4, -0.2) is 46.9 Å². The summed E-state index contributed by atoms with van der Waals surface area (Å²) in [5.41, 5.74) is 26.2. The number of benzene rings is 6. The van der Waals surface area contributed by atoms with Crippen LogP contribution < -0.4 is 0 Å². The zero-order valence-corrected chi connectivity index (χ0v) is 53.6. The zero-order chi connectivity index (χ0) is 60.1. The quantitative estimate of drug-likeness (QED) is 0.147. The monoisotopic (exact) mass is 1160 g/mol. The van der Waals surface area contributed by atoms with Gasteiger partial charge >= 0.3 is 16.5 Å². The third-order valence-corrected chi connectivity index (χ3v) is 16.2. The van der Waals surface area contributed by atoms with Gasteiger partial charge in [-0.2, -0.15) is 0 Å². The van der Waals surface area contributed by atoms with E-state index < -0.39 is 0 Å². The Bertz CT molecular complexity index is 4000. The number of amidine groups is 6. The van der Waals surface area contributed by atoms with Crippen LogP contribution in [0.15, 0.2) is 186 Å². The van der Waals surface area contributed by atoms with Gasteiger partial charge in [-0.1, -0.05) is 270 Å². The Morgan fingerprint density at radius 2 is 0.353 bits per heavy atom. The minimum atomic E-state index is -0.0933. The molecule has 0 aromatic heterocycles. The molecule has 5 heterocycles. The van der Waals surface area contributed by atoms with E-state index in [-0.39, 0.29) is 60.9 Å². The Labute approximate surface area is 514 Å². The summed E-state index contributed by atoms with van der Waals surface area (Å²) in [6.45, 7) is 40.2. The van der Waals surface area contributed by atoms with Crippen molar-refractivity contribution < 1.29 is 16.5 Å². The fourth-order valence-corrected chi connectivity index (χ4v) is 11.0. The second kappa shape index (κ2) is 21.8. The van der Waals surface area contributed by atoms with Crippen LogP contribution in [0.2, 0.25) is 0 Å². The average Bonchev–Trinajstić information content (AvgIpc) is 1.77. The summed E-state index contributed by atoms with van der Waals surface area (Å²) in [7, 11) is 0. The van der Waals surface area contributed by atoms with Crippen LogP contribution in [0.1, 0.15) is 191 Å². The Morgan fingerprint density at radius 3 is 0.529 bits per heavy atom. The predicted molar refractivity (Wildman–Crippen MR) is 357 cm³/mol. The molecule has 0 saturated heterocycles. The standard InChI is InChI=1S/C74H78N10.Ni/c1-69(2,3)49-31-19-43(20-32-49)55-56(44-21-33-50(34-22-44)70(4,5)6)62-75-61(55)76-63-57(45-23-35-51(36-24-45)71(7,8)9)59(47-27-39-53(40-28-47)73(13,14)15)65(78-63)80-67-82-68(84-83-67)81-66-60(48-29-41-54(42-30-48)74(16,17)18)58(64(77-62)79-66)46-25-37-52(38-26-46)72(10,11)12;/h19-42H,1-18H3;/q-2;+2. The van der Waals surface area contributed by atoms with Gasteiger partial charge in [0.1, 0.15) is 0 Å². The van der Waals surface area contributed by atoms with Crippen molar-refractivity contribution in [3.05, 3.63) is 223 Å². The van der Waals surface area contributed by atoms with Crippen molar-refractivity contribution in [2.24, 2.45) is 39.9 Å². The fourth-order valence-electron chi connectivity index (χ4n) is 11.0. The molecule has 0 unspecified atom stereocenters. The van der Waals surface area contributed by atoms with Crippen LogP contribution in [0.25, 0.3) is 44.3 Å². The third kappa shape index (κ3) is 12.2. The molecule has 0 atom stereocenters. The SMILES string of the molecule is CC(C)(C)c1ccc(C2=C(c3ccc(C(C)(C)C)cc3)C3=NC2=NC2=NC(=NC4=NC(=NC5=NC(=N3)C(c3ccc(C(C)(C)C)cc3)=C5c3ccc(C(C)(C)C)cc3)C(c3ccc(C(C)(C)C)cc3)=C4c3ccc(C(C)(C)C)cc3)[N-][N-]2)cc1.[Ni+2]. The number of hydrogen-bond donors (Lipinski definition) is 0. The molecule has 0 saturated carbocycles. The van der Waals surface area contributed by atoms with Gasteiger partial charge in [-0.15, -0.1) is 0 Å². The summed E-state index contributed by atoms with van der Waals surface area (Å²) in [4.78, 5) is 43.3. The summed E-state index contributed by atoms with van der Waals surface area (Å²) >= 11 is 0. The van der Waals surface area contributed by atoms with Crippen LogP contribution in [-0.2, 0) is 49.0 Å². The number of hydrogen-bond acceptors (Lipinski definition) is 8. The molecule has 11 heteroatoms. The van der Waals surface area contributed by atoms with Crippen molar-refractivity contribution in [3.63, 3.8) is 0 Å². The summed E-state index contributed by atoms with van der Waals surface area (Å²) in [6, 6.07) is 52.5. The van der Waals surface area contributed by atoms with E-state index in [0.717, 1.165) is 66.8 Å². The molecule has 0 aliphatic carbocycles. The first-order valence-electron chi connectivity index (χ1n) is 29.4. The van der Waals surface area contributed by atoms with Gasteiger partial charge in [-0.25, -0.2) is 25.0 Å². The van der Waals surface area contributed by atoms with Crippen LogP contribution in [0.4, 0.5) is 0 Å². The van der Waals surface area contributed by atoms with E-state index in [0.29, 0.717) is 35.0 Å². The summed E-state index contributed by atoms with van der Waals surface area (Å²) in [6.07, 6.45) is 0. The summed E-state index contributed by atoms with van der Waals surface area (Å²) in [5, 5.41) is 0. The average molecular weight is 1170 g/mol. The molecule has 5 aliphatic rings. The number of nitrogens with zero attached hydrogens (tertiary/aromatic N) is 10. The van der Waals surface area contributed by atoms with E-state index in [1.807, 2.05) is 0 Å². The largest absolute Gasteiger partial charge is 2.00 e. The maximum absolute atomic E-state index is 5.72. The van der Waals surface area contributed by atoms with Crippen molar-refractivity contribution in [3.8, 4) is 0 Å². The van der Waals surface area contributed by atoms with E-state index >= 15 is 0 Å². The second-order valence-electron chi connectivity index (χ2n) is 28.9. The van der Waals surface area contributed by atoms with E-state index in [1.165, 1.54) is 33.4 Å². The van der Waals surface area contributed by atoms with Gasteiger partial charge in [-0.05, 0) is 99.3 Å². The molecule has 0 fully saturated rings. The molecule has 6 aromatic rings. The van der Waals surface area contributed by atoms with Gasteiger partial charge in [0.2, 0.25) is 0 Å². The Balaban J connectivity index is 0.00000803. The molecule has 434 valence electrons. The first kappa shape index (κ1) is 60.1.